The number of morpholine rings is 1. The average molecular weight is 334 g/mol. The van der Waals surface area contributed by atoms with Crippen molar-refractivity contribution < 1.29 is 13.9 Å². The Hall–Kier alpha value is -1.46. The van der Waals surface area contributed by atoms with Crippen LogP contribution in [0.1, 0.15) is 31.7 Å². The van der Waals surface area contributed by atoms with Gasteiger partial charge in [-0.2, -0.15) is 0 Å². The summed E-state index contributed by atoms with van der Waals surface area (Å²) >= 11 is 0. The summed E-state index contributed by atoms with van der Waals surface area (Å²) in [6.45, 7) is 5.66. The fraction of sp³-hybridized carbons (Fsp3) is 0.632. The van der Waals surface area contributed by atoms with Crippen molar-refractivity contribution in [3.63, 3.8) is 0 Å². The maximum atomic E-state index is 12.4. The second-order valence-electron chi connectivity index (χ2n) is 7.09. The van der Waals surface area contributed by atoms with Crippen molar-refractivity contribution in [2.45, 2.75) is 44.4 Å². The van der Waals surface area contributed by atoms with Gasteiger partial charge in [-0.15, -0.1) is 0 Å². The first-order valence-electron chi connectivity index (χ1n) is 8.88. The minimum Gasteiger partial charge on any atom is -0.369 e. The highest BCUT2D eigenvalue weighted by atomic mass is 19.1. The van der Waals surface area contributed by atoms with Crippen molar-refractivity contribution >= 4 is 5.91 Å². The second kappa shape index (κ2) is 7.62. The molecule has 2 aliphatic heterocycles. The van der Waals surface area contributed by atoms with Crippen molar-refractivity contribution in [2.75, 3.05) is 32.9 Å². The predicted molar refractivity (Wildman–Crippen MR) is 91.4 cm³/mol. The predicted octanol–water partition coefficient (Wildman–Crippen LogP) is 2.63. The van der Waals surface area contributed by atoms with Crippen LogP contribution < -0.4 is 0 Å². The Morgan fingerprint density at radius 1 is 1.29 bits per heavy atom. The minimum atomic E-state index is -0.571. The number of likely N-dealkylation sites (tertiary alicyclic amines) is 1. The fourth-order valence-corrected chi connectivity index (χ4v) is 3.98. The second-order valence-corrected chi connectivity index (χ2v) is 7.09. The lowest BCUT2D eigenvalue weighted by molar-refractivity contribution is -0.174. The third-order valence-corrected chi connectivity index (χ3v) is 5.06. The Kier molecular flexibility index (Phi) is 5.51. The van der Waals surface area contributed by atoms with E-state index in [2.05, 4.69) is 36.1 Å². The Labute approximate surface area is 143 Å². The zero-order chi connectivity index (χ0) is 17.0. The lowest BCUT2D eigenvalue weighted by atomic mass is 9.88. The minimum absolute atomic E-state index is 0.00436. The van der Waals surface area contributed by atoms with E-state index >= 15 is 0 Å². The first kappa shape index (κ1) is 17.4. The monoisotopic (exact) mass is 334 g/mol. The molecule has 2 fully saturated rings. The van der Waals surface area contributed by atoms with Crippen molar-refractivity contribution in [3.05, 3.63) is 35.9 Å². The first-order valence-corrected chi connectivity index (χ1v) is 8.88. The molecule has 24 heavy (non-hydrogen) atoms. The van der Waals surface area contributed by atoms with Gasteiger partial charge in [0.1, 0.15) is 0 Å². The molecule has 1 atom stereocenters. The molecule has 1 spiro atoms. The normalized spacial score (nSPS) is 24.2. The van der Waals surface area contributed by atoms with Crippen LogP contribution in [0, 0.1) is 0 Å². The van der Waals surface area contributed by atoms with Crippen LogP contribution in [0.4, 0.5) is 4.39 Å². The topological polar surface area (TPSA) is 32.8 Å². The number of piperidine rings is 1. The molecule has 1 amide bonds. The largest absolute Gasteiger partial charge is 0.369 e. The number of rotatable bonds is 4. The number of hydrogen-bond acceptors (Lipinski definition) is 3. The Bertz CT molecular complexity index is 544. The lowest BCUT2D eigenvalue weighted by Gasteiger charge is -2.49. The van der Waals surface area contributed by atoms with Crippen LogP contribution >= 0.6 is 0 Å². The number of amides is 1. The summed E-state index contributed by atoms with van der Waals surface area (Å²) in [4.78, 5) is 16.1. The van der Waals surface area contributed by atoms with Gasteiger partial charge in [-0.05, 0) is 25.3 Å². The van der Waals surface area contributed by atoms with Crippen molar-refractivity contribution in [1.82, 2.24) is 9.80 Å². The van der Waals surface area contributed by atoms with Gasteiger partial charge in [0.25, 0.3) is 0 Å². The highest BCUT2D eigenvalue weighted by Crippen LogP contribution is 2.33. The molecular weight excluding hydrogens is 307 g/mol. The molecule has 4 nitrogen and oxygen atoms in total. The molecule has 132 valence electrons. The maximum absolute atomic E-state index is 12.4. The van der Waals surface area contributed by atoms with E-state index in [9.17, 15) is 9.18 Å². The highest BCUT2D eigenvalue weighted by molar-refractivity contribution is 5.76. The smallest absolute Gasteiger partial charge is 0.225 e. The Morgan fingerprint density at radius 2 is 2.00 bits per heavy atom. The van der Waals surface area contributed by atoms with Crippen LogP contribution in [-0.4, -0.2) is 60.3 Å². The molecule has 2 saturated heterocycles. The molecule has 3 rings (SSSR count). The molecule has 1 aromatic carbocycles. The number of nitrogens with zero attached hydrogens (tertiary/aromatic N) is 2. The van der Waals surface area contributed by atoms with Gasteiger partial charge < -0.3 is 9.64 Å². The van der Waals surface area contributed by atoms with Crippen LogP contribution in [0.3, 0.4) is 0 Å². The quantitative estimate of drug-likeness (QED) is 0.849. The van der Waals surface area contributed by atoms with Crippen LogP contribution in [0.2, 0.25) is 0 Å². The van der Waals surface area contributed by atoms with Gasteiger partial charge in [-0.3, -0.25) is 14.1 Å². The van der Waals surface area contributed by atoms with Crippen LogP contribution in [-0.2, 0) is 16.1 Å². The van der Waals surface area contributed by atoms with E-state index in [1.807, 2.05) is 6.07 Å². The fourth-order valence-electron chi connectivity index (χ4n) is 3.98. The van der Waals surface area contributed by atoms with E-state index in [-0.39, 0.29) is 24.0 Å². The SMILES string of the molecule is CC1CN(Cc2ccccc2)CC2(CCN(C(=O)CCF)CC2)O1. The number of alkyl halides is 1. The Balaban J connectivity index is 1.60. The average Bonchev–Trinajstić information content (AvgIpc) is 2.56. The van der Waals surface area contributed by atoms with Gasteiger partial charge in [-0.1, -0.05) is 30.3 Å². The molecule has 0 bridgehead atoms. The molecular formula is C19H27FN2O2. The van der Waals surface area contributed by atoms with Crippen LogP contribution in [0.25, 0.3) is 0 Å². The van der Waals surface area contributed by atoms with Crippen molar-refractivity contribution in [2.24, 2.45) is 0 Å². The van der Waals surface area contributed by atoms with Crippen LogP contribution in [0.5, 0.6) is 0 Å². The third-order valence-electron chi connectivity index (χ3n) is 5.06. The van der Waals surface area contributed by atoms with Gasteiger partial charge in [0.2, 0.25) is 5.91 Å². The summed E-state index contributed by atoms with van der Waals surface area (Å²) in [5, 5.41) is 0. The molecule has 2 heterocycles. The molecule has 2 aliphatic rings. The molecule has 0 N–H and O–H groups in total. The number of hydrogen-bond donors (Lipinski definition) is 0. The number of carbonyl (C=O) groups excluding carboxylic acids is 1. The highest BCUT2D eigenvalue weighted by Gasteiger charge is 2.42. The lowest BCUT2D eigenvalue weighted by Crippen LogP contribution is -2.59. The zero-order valence-electron chi connectivity index (χ0n) is 14.4. The summed E-state index contributed by atoms with van der Waals surface area (Å²) in [6, 6.07) is 10.5. The summed E-state index contributed by atoms with van der Waals surface area (Å²) in [7, 11) is 0. The maximum Gasteiger partial charge on any atom is 0.225 e. The summed E-state index contributed by atoms with van der Waals surface area (Å²) in [5.41, 5.74) is 1.15. The van der Waals surface area contributed by atoms with Gasteiger partial charge in [0.05, 0.1) is 24.8 Å². The van der Waals surface area contributed by atoms with Crippen molar-refractivity contribution in [1.29, 1.82) is 0 Å². The zero-order valence-corrected chi connectivity index (χ0v) is 14.4. The summed E-state index contributed by atoms with van der Waals surface area (Å²) < 4.78 is 18.7. The number of ether oxygens (including phenoxy) is 1. The van der Waals surface area contributed by atoms with E-state index in [0.717, 1.165) is 32.5 Å². The molecule has 1 aromatic rings. The van der Waals surface area contributed by atoms with Gasteiger partial charge in [-0.25, -0.2) is 0 Å². The third kappa shape index (κ3) is 4.14. The van der Waals surface area contributed by atoms with Gasteiger partial charge in [0, 0.05) is 32.7 Å². The first-order chi connectivity index (χ1) is 11.6. The molecule has 1 unspecified atom stereocenters. The van der Waals surface area contributed by atoms with Gasteiger partial charge in [0.15, 0.2) is 0 Å². The molecule has 0 radical (unpaired) electrons. The van der Waals surface area contributed by atoms with E-state index in [1.165, 1.54) is 5.56 Å². The molecule has 0 aliphatic carbocycles. The Morgan fingerprint density at radius 3 is 2.67 bits per heavy atom. The summed E-state index contributed by atoms with van der Waals surface area (Å²) in [5.74, 6) is -0.0719. The molecule has 5 heteroatoms. The number of halogens is 1. The molecule has 0 aromatic heterocycles. The van der Waals surface area contributed by atoms with Gasteiger partial charge >= 0.3 is 0 Å². The van der Waals surface area contributed by atoms with E-state index in [0.29, 0.717) is 13.1 Å². The number of benzene rings is 1. The van der Waals surface area contributed by atoms with E-state index in [4.69, 9.17) is 4.74 Å². The summed E-state index contributed by atoms with van der Waals surface area (Å²) in [6.07, 6.45) is 1.86. The van der Waals surface area contributed by atoms with Crippen molar-refractivity contribution in [3.8, 4) is 0 Å². The number of carbonyl (C=O) groups is 1. The van der Waals surface area contributed by atoms with E-state index < -0.39 is 6.67 Å². The standard InChI is InChI=1S/C19H27FN2O2/c1-16-13-21(14-17-5-3-2-4-6-17)15-19(24-16)8-11-22(12-9-19)18(23)7-10-20/h2-6,16H,7-15H2,1H3. The van der Waals surface area contributed by atoms with Crippen LogP contribution in [0.15, 0.2) is 30.3 Å². The molecule has 0 saturated carbocycles. The van der Waals surface area contributed by atoms with E-state index in [1.54, 1.807) is 4.90 Å².